The maximum Gasteiger partial charge on any atom is 0.415 e. The molecule has 35 heavy (non-hydrogen) atoms. The summed E-state index contributed by atoms with van der Waals surface area (Å²) in [6, 6.07) is 7.71. The van der Waals surface area contributed by atoms with E-state index in [4.69, 9.17) is 0 Å². The Morgan fingerprint density at radius 2 is 1.74 bits per heavy atom. The third kappa shape index (κ3) is 3.77. The van der Waals surface area contributed by atoms with Gasteiger partial charge < -0.3 is 10.4 Å². The van der Waals surface area contributed by atoms with Crippen LogP contribution in [0.2, 0.25) is 0 Å². The molecule has 2 N–H and O–H groups in total. The van der Waals surface area contributed by atoms with E-state index in [1.807, 2.05) is 6.08 Å². The van der Waals surface area contributed by atoms with E-state index < -0.39 is 23.5 Å². The monoisotopic (exact) mass is 489 g/mol. The molecule has 0 radical (unpaired) electrons. The van der Waals surface area contributed by atoms with Crippen LogP contribution >= 0.6 is 0 Å². The zero-order valence-corrected chi connectivity index (χ0v) is 20.9. The number of allylic oxidation sites excluding steroid dienone is 1. The van der Waals surface area contributed by atoms with Crippen LogP contribution in [0.4, 0.5) is 13.2 Å². The maximum absolute atomic E-state index is 14.3. The van der Waals surface area contributed by atoms with Crippen molar-refractivity contribution in [3.8, 4) is 0 Å². The summed E-state index contributed by atoms with van der Waals surface area (Å²) in [5.41, 5.74) is -2.58. The highest BCUT2D eigenvalue weighted by atomic mass is 19.4. The van der Waals surface area contributed by atoms with Gasteiger partial charge in [-0.15, -0.1) is 0 Å². The van der Waals surface area contributed by atoms with Gasteiger partial charge in [0.2, 0.25) is 5.91 Å². The highest BCUT2D eigenvalue weighted by molar-refractivity contribution is 5.81. The minimum atomic E-state index is -4.61. The zero-order chi connectivity index (χ0) is 25.2. The lowest BCUT2D eigenvalue weighted by Crippen LogP contribution is -2.58. The van der Waals surface area contributed by atoms with E-state index in [0.29, 0.717) is 30.1 Å². The molecule has 3 saturated carbocycles. The topological polar surface area (TPSA) is 49.3 Å². The molecule has 0 bridgehead atoms. The van der Waals surface area contributed by atoms with E-state index in [1.165, 1.54) is 12.1 Å². The van der Waals surface area contributed by atoms with Crippen molar-refractivity contribution in [3.05, 3.63) is 48.0 Å². The molecular weight excluding hydrogens is 451 g/mol. The molecule has 4 aliphatic carbocycles. The van der Waals surface area contributed by atoms with Crippen molar-refractivity contribution >= 4 is 5.91 Å². The zero-order valence-electron chi connectivity index (χ0n) is 20.9. The number of aliphatic hydroxyl groups is 1. The van der Waals surface area contributed by atoms with Crippen LogP contribution in [0.3, 0.4) is 0 Å². The normalized spacial score (nSPS) is 42.4. The number of nitrogens with one attached hydrogen (secondary N) is 1. The number of alkyl halides is 3. The predicted octanol–water partition coefficient (Wildman–Crippen LogP) is 6.38. The van der Waals surface area contributed by atoms with E-state index in [-0.39, 0.29) is 22.5 Å². The fourth-order valence-electron chi connectivity index (χ4n) is 8.63. The molecule has 0 saturated heterocycles. The number of carbonyl (C=O) groups excluding carboxylic acids is 1. The standard InChI is InChI=1S/C29H38F3NO2/c1-26-15-13-20(34)17-19(26)9-10-21-22-11-12-24(27(22,2)16-14-23(21)26)25(35)33-28(3,29(30,31)32)18-7-5-4-6-8-18/h4-8,13,15,19-24,34H,9-12,14,16-17H2,1-3H3,(H,33,35)/t19?,20?,21-,22-,23+,24?,26-,27-,28?/m0/s1. The molecule has 3 nitrogen and oxygen atoms in total. The Morgan fingerprint density at radius 1 is 1.03 bits per heavy atom. The average Bonchev–Trinajstić information content (AvgIpc) is 3.16. The predicted molar refractivity (Wildman–Crippen MR) is 129 cm³/mol. The van der Waals surface area contributed by atoms with Gasteiger partial charge in [-0.1, -0.05) is 56.3 Å². The first-order valence-corrected chi connectivity index (χ1v) is 13.2. The molecule has 3 fully saturated rings. The number of aliphatic hydroxyl groups excluding tert-OH is 1. The van der Waals surface area contributed by atoms with Crippen LogP contribution in [0.25, 0.3) is 0 Å². The molecule has 1 amide bonds. The van der Waals surface area contributed by atoms with E-state index in [9.17, 15) is 23.1 Å². The fourth-order valence-corrected chi connectivity index (χ4v) is 8.63. The van der Waals surface area contributed by atoms with Gasteiger partial charge in [-0.3, -0.25) is 4.79 Å². The number of carbonyl (C=O) groups is 1. The molecule has 0 aliphatic heterocycles. The molecule has 0 aromatic heterocycles. The SMILES string of the molecule is CC(NC(=O)C1CC[C@H]2[C@@H]3CCC4CC(O)C=C[C@]4(C)[C@@H]3CC[C@]12C)(c1ccccc1)C(F)(F)F. The average molecular weight is 490 g/mol. The Hall–Kier alpha value is -1.82. The summed E-state index contributed by atoms with van der Waals surface area (Å²) >= 11 is 0. The van der Waals surface area contributed by atoms with Crippen molar-refractivity contribution in [2.45, 2.75) is 83.5 Å². The molecule has 9 atom stereocenters. The lowest BCUT2D eigenvalue weighted by Gasteiger charge is -2.59. The molecule has 4 unspecified atom stereocenters. The molecular formula is C29H38F3NO2. The van der Waals surface area contributed by atoms with Crippen LogP contribution in [-0.2, 0) is 10.3 Å². The Kier molecular flexibility index (Phi) is 5.94. The third-order valence-corrected chi connectivity index (χ3v) is 10.8. The molecule has 6 heteroatoms. The summed E-state index contributed by atoms with van der Waals surface area (Å²) in [5.74, 6) is 0.951. The van der Waals surface area contributed by atoms with E-state index in [0.717, 1.165) is 45.4 Å². The first kappa shape index (κ1) is 24.9. The highest BCUT2D eigenvalue weighted by Gasteiger charge is 2.62. The highest BCUT2D eigenvalue weighted by Crippen LogP contribution is 2.66. The number of amides is 1. The van der Waals surface area contributed by atoms with Gasteiger partial charge in [-0.05, 0) is 91.9 Å². The van der Waals surface area contributed by atoms with Gasteiger partial charge in [0.05, 0.1) is 6.10 Å². The lowest BCUT2D eigenvalue weighted by molar-refractivity contribution is -0.199. The summed E-state index contributed by atoms with van der Waals surface area (Å²) in [4.78, 5) is 13.6. The second-order valence-electron chi connectivity index (χ2n) is 12.3. The number of rotatable bonds is 3. The van der Waals surface area contributed by atoms with Crippen molar-refractivity contribution in [2.75, 3.05) is 0 Å². The smallest absolute Gasteiger partial charge is 0.389 e. The van der Waals surface area contributed by atoms with Gasteiger partial charge in [0.25, 0.3) is 0 Å². The molecule has 0 spiro atoms. The fraction of sp³-hybridized carbons (Fsp3) is 0.690. The molecule has 1 aromatic rings. The van der Waals surface area contributed by atoms with Gasteiger partial charge in [0, 0.05) is 5.92 Å². The first-order chi connectivity index (χ1) is 16.4. The number of hydrogen-bond donors (Lipinski definition) is 2. The molecule has 0 heterocycles. The molecule has 192 valence electrons. The van der Waals surface area contributed by atoms with Crippen LogP contribution in [0, 0.1) is 40.4 Å². The number of halogens is 3. The van der Waals surface area contributed by atoms with Crippen LogP contribution in [-0.4, -0.2) is 23.3 Å². The van der Waals surface area contributed by atoms with Crippen LogP contribution in [0.15, 0.2) is 42.5 Å². The Bertz CT molecular complexity index is 993. The van der Waals surface area contributed by atoms with Gasteiger partial charge in [-0.2, -0.15) is 13.2 Å². The largest absolute Gasteiger partial charge is 0.415 e. The summed E-state index contributed by atoms with van der Waals surface area (Å²) in [5, 5.41) is 12.6. The van der Waals surface area contributed by atoms with E-state index in [1.54, 1.807) is 18.2 Å². The van der Waals surface area contributed by atoms with E-state index >= 15 is 0 Å². The van der Waals surface area contributed by atoms with Gasteiger partial charge in [0.1, 0.15) is 0 Å². The molecule has 1 aromatic carbocycles. The molecule has 5 rings (SSSR count). The first-order valence-electron chi connectivity index (χ1n) is 13.2. The Labute approximate surface area is 206 Å². The quantitative estimate of drug-likeness (QED) is 0.484. The van der Waals surface area contributed by atoms with Crippen LogP contribution < -0.4 is 5.32 Å². The van der Waals surface area contributed by atoms with Crippen molar-refractivity contribution < 1.29 is 23.1 Å². The third-order valence-electron chi connectivity index (χ3n) is 10.8. The summed E-state index contributed by atoms with van der Waals surface area (Å²) in [6.07, 6.45) is 5.62. The van der Waals surface area contributed by atoms with Crippen molar-refractivity contribution in [1.82, 2.24) is 5.32 Å². The van der Waals surface area contributed by atoms with Gasteiger partial charge >= 0.3 is 6.18 Å². The minimum absolute atomic E-state index is 0.0572. The van der Waals surface area contributed by atoms with Crippen LogP contribution in [0.1, 0.15) is 71.3 Å². The minimum Gasteiger partial charge on any atom is -0.389 e. The Morgan fingerprint density at radius 3 is 2.43 bits per heavy atom. The summed E-state index contributed by atoms with van der Waals surface area (Å²) in [6.45, 7) is 5.58. The second-order valence-corrected chi connectivity index (χ2v) is 12.3. The molecule has 4 aliphatic rings. The number of fused-ring (bicyclic) bond motifs is 5. The lowest BCUT2D eigenvalue weighted by atomic mass is 9.46. The van der Waals surface area contributed by atoms with Crippen LogP contribution in [0.5, 0.6) is 0 Å². The summed E-state index contributed by atoms with van der Waals surface area (Å²) < 4.78 is 42.8. The second kappa shape index (κ2) is 8.36. The number of benzene rings is 1. The summed E-state index contributed by atoms with van der Waals surface area (Å²) in [7, 11) is 0. The Balaban J connectivity index is 1.39. The maximum atomic E-state index is 14.3. The van der Waals surface area contributed by atoms with E-state index in [2.05, 4.69) is 25.2 Å². The van der Waals surface area contributed by atoms with Crippen molar-refractivity contribution in [1.29, 1.82) is 0 Å². The number of hydrogen-bond acceptors (Lipinski definition) is 2. The van der Waals surface area contributed by atoms with Crippen molar-refractivity contribution in [2.24, 2.45) is 40.4 Å². The van der Waals surface area contributed by atoms with Crippen molar-refractivity contribution in [3.63, 3.8) is 0 Å². The van der Waals surface area contributed by atoms with Gasteiger partial charge in [0.15, 0.2) is 5.54 Å². The van der Waals surface area contributed by atoms with Gasteiger partial charge in [-0.25, -0.2) is 0 Å².